The molecule has 1 N–H and O–H groups in total. The van der Waals surface area contributed by atoms with E-state index in [1.807, 2.05) is 11.0 Å². The lowest BCUT2D eigenvalue weighted by molar-refractivity contribution is -0.138. The number of rotatable bonds is 5. The Morgan fingerprint density at radius 3 is 2.35 bits per heavy atom. The van der Waals surface area contributed by atoms with Crippen molar-refractivity contribution in [2.75, 3.05) is 45.8 Å². The molecular formula is C27H35FN4O4S. The summed E-state index contributed by atoms with van der Waals surface area (Å²) in [5, 5.41) is 2.84. The minimum absolute atomic E-state index is 0.0384. The standard InChI is InChI=1S/C27H35FN4O4S/c28-25-11-5-4-7-23(25)21-30-17-19-31(20-18-30)27(34)22-8-6-15-32(16-13-26(33)29-14-12-22)37(35,36)24-9-2-1-3-10-24/h1-5,7,9-11,22H,6,8,12-21H2,(H,29,33)/t22-/m0/s1. The predicted octanol–water partition coefficient (Wildman–Crippen LogP) is 2.47. The van der Waals surface area contributed by atoms with E-state index in [0.29, 0.717) is 64.1 Å². The highest BCUT2D eigenvalue weighted by atomic mass is 32.2. The van der Waals surface area contributed by atoms with Crippen LogP contribution in [0.1, 0.15) is 31.2 Å². The Balaban J connectivity index is 1.36. The Morgan fingerprint density at radius 1 is 0.919 bits per heavy atom. The molecule has 2 aromatic rings. The molecule has 0 radical (unpaired) electrons. The molecule has 0 unspecified atom stereocenters. The minimum Gasteiger partial charge on any atom is -0.356 e. The maximum Gasteiger partial charge on any atom is 0.243 e. The molecule has 0 bridgehead atoms. The number of amides is 2. The topological polar surface area (TPSA) is 90.0 Å². The summed E-state index contributed by atoms with van der Waals surface area (Å²) >= 11 is 0. The third-order valence-corrected chi connectivity index (χ3v) is 9.04. The molecule has 0 spiro atoms. The van der Waals surface area contributed by atoms with Gasteiger partial charge in [-0.25, -0.2) is 12.8 Å². The van der Waals surface area contributed by atoms with Crippen molar-refractivity contribution in [2.24, 2.45) is 5.92 Å². The Hall–Kier alpha value is -2.82. The largest absolute Gasteiger partial charge is 0.356 e. The maximum atomic E-state index is 14.0. The quantitative estimate of drug-likeness (QED) is 0.642. The zero-order valence-electron chi connectivity index (χ0n) is 21.0. The fraction of sp³-hybridized carbons (Fsp3) is 0.481. The van der Waals surface area contributed by atoms with Gasteiger partial charge in [0.15, 0.2) is 0 Å². The highest BCUT2D eigenvalue weighted by molar-refractivity contribution is 7.89. The summed E-state index contributed by atoms with van der Waals surface area (Å²) in [6.45, 7) is 3.69. The monoisotopic (exact) mass is 530 g/mol. The molecule has 2 aliphatic rings. The number of nitrogens with one attached hydrogen (secondary N) is 1. The summed E-state index contributed by atoms with van der Waals surface area (Å²) in [5.74, 6) is -0.693. The van der Waals surface area contributed by atoms with Crippen LogP contribution in [0.5, 0.6) is 0 Å². The molecule has 2 amide bonds. The van der Waals surface area contributed by atoms with Crippen molar-refractivity contribution in [1.82, 2.24) is 19.4 Å². The predicted molar refractivity (Wildman–Crippen MR) is 138 cm³/mol. The second kappa shape index (κ2) is 12.6. The first-order valence-electron chi connectivity index (χ1n) is 12.9. The lowest BCUT2D eigenvalue weighted by atomic mass is 9.97. The van der Waals surface area contributed by atoms with Gasteiger partial charge in [-0.1, -0.05) is 36.4 Å². The molecule has 8 nitrogen and oxygen atoms in total. The SMILES string of the molecule is O=C1CCN(S(=O)(=O)c2ccccc2)CCC[C@H](C(=O)N2CCN(Cc3ccccc3F)CC2)CCN1. The van der Waals surface area contributed by atoms with Gasteiger partial charge in [-0.15, -0.1) is 0 Å². The van der Waals surface area contributed by atoms with E-state index in [1.54, 1.807) is 42.5 Å². The minimum atomic E-state index is -3.73. The van der Waals surface area contributed by atoms with Gasteiger partial charge in [0, 0.05) is 70.3 Å². The highest BCUT2D eigenvalue weighted by Gasteiger charge is 2.30. The van der Waals surface area contributed by atoms with Gasteiger partial charge in [0.1, 0.15) is 5.82 Å². The second-order valence-corrected chi connectivity index (χ2v) is 11.6. The lowest BCUT2D eigenvalue weighted by Gasteiger charge is -2.36. The first kappa shape index (κ1) is 27.2. The third-order valence-electron chi connectivity index (χ3n) is 7.13. The van der Waals surface area contributed by atoms with Gasteiger partial charge in [0.05, 0.1) is 4.90 Å². The van der Waals surface area contributed by atoms with E-state index < -0.39 is 10.0 Å². The average Bonchev–Trinajstić information content (AvgIpc) is 2.95. The van der Waals surface area contributed by atoms with Crippen molar-refractivity contribution >= 4 is 21.8 Å². The Bertz CT molecular complexity index is 1170. The van der Waals surface area contributed by atoms with Crippen LogP contribution in [0.15, 0.2) is 59.5 Å². The van der Waals surface area contributed by atoms with E-state index in [4.69, 9.17) is 0 Å². The van der Waals surface area contributed by atoms with Crippen molar-refractivity contribution in [3.8, 4) is 0 Å². The molecule has 0 aromatic heterocycles. The summed E-state index contributed by atoms with van der Waals surface area (Å²) in [7, 11) is -3.73. The van der Waals surface area contributed by atoms with Gasteiger partial charge < -0.3 is 10.2 Å². The van der Waals surface area contributed by atoms with E-state index in [-0.39, 0.29) is 48.0 Å². The van der Waals surface area contributed by atoms with Crippen LogP contribution in [0.3, 0.4) is 0 Å². The van der Waals surface area contributed by atoms with Crippen LogP contribution in [0, 0.1) is 11.7 Å². The van der Waals surface area contributed by atoms with Crippen LogP contribution in [0.2, 0.25) is 0 Å². The number of carbonyl (C=O) groups excluding carboxylic acids is 2. The molecule has 37 heavy (non-hydrogen) atoms. The van der Waals surface area contributed by atoms with Gasteiger partial charge in [0.25, 0.3) is 0 Å². The van der Waals surface area contributed by atoms with Crippen molar-refractivity contribution < 1.29 is 22.4 Å². The van der Waals surface area contributed by atoms with Gasteiger partial charge in [-0.3, -0.25) is 14.5 Å². The number of piperazine rings is 1. The van der Waals surface area contributed by atoms with Crippen LogP contribution in [-0.2, 0) is 26.2 Å². The Morgan fingerprint density at radius 2 is 1.62 bits per heavy atom. The first-order valence-corrected chi connectivity index (χ1v) is 14.3. The van der Waals surface area contributed by atoms with E-state index in [1.165, 1.54) is 10.4 Å². The fourth-order valence-corrected chi connectivity index (χ4v) is 6.45. The van der Waals surface area contributed by atoms with Crippen LogP contribution in [0.4, 0.5) is 4.39 Å². The third kappa shape index (κ3) is 7.15. The van der Waals surface area contributed by atoms with Crippen molar-refractivity contribution in [3.05, 3.63) is 66.0 Å². The van der Waals surface area contributed by atoms with Crippen LogP contribution >= 0.6 is 0 Å². The molecule has 2 aromatic carbocycles. The molecule has 1 atom stereocenters. The maximum absolute atomic E-state index is 14.0. The average molecular weight is 531 g/mol. The van der Waals surface area contributed by atoms with Gasteiger partial charge in [-0.2, -0.15) is 4.31 Å². The van der Waals surface area contributed by atoms with E-state index in [9.17, 15) is 22.4 Å². The molecule has 10 heteroatoms. The van der Waals surface area contributed by atoms with Crippen molar-refractivity contribution in [1.29, 1.82) is 0 Å². The van der Waals surface area contributed by atoms with Gasteiger partial charge in [0.2, 0.25) is 21.8 Å². The Labute approximate surface area is 218 Å². The zero-order valence-corrected chi connectivity index (χ0v) is 21.8. The van der Waals surface area contributed by atoms with Gasteiger partial charge in [-0.05, 0) is 37.5 Å². The molecule has 2 fully saturated rings. The fourth-order valence-electron chi connectivity index (χ4n) is 4.95. The first-order chi connectivity index (χ1) is 17.8. The number of halogens is 1. The summed E-state index contributed by atoms with van der Waals surface area (Å²) in [6, 6.07) is 15.0. The molecule has 0 aliphatic carbocycles. The second-order valence-electron chi connectivity index (χ2n) is 9.64. The number of hydrogen-bond acceptors (Lipinski definition) is 5. The molecular weight excluding hydrogens is 495 g/mol. The number of hydrogen-bond donors (Lipinski definition) is 1. The van der Waals surface area contributed by atoms with Crippen LogP contribution < -0.4 is 5.32 Å². The summed E-state index contributed by atoms with van der Waals surface area (Å²) in [4.78, 5) is 30.0. The molecule has 4 rings (SSSR count). The number of nitrogens with zero attached hydrogens (tertiary/aromatic N) is 3. The number of benzene rings is 2. The number of carbonyl (C=O) groups is 2. The summed E-state index contributed by atoms with van der Waals surface area (Å²) < 4.78 is 41.7. The number of sulfonamides is 1. The Kier molecular flexibility index (Phi) is 9.28. The van der Waals surface area contributed by atoms with Crippen LogP contribution in [-0.4, -0.2) is 80.2 Å². The van der Waals surface area contributed by atoms with E-state index >= 15 is 0 Å². The molecule has 2 aliphatic heterocycles. The van der Waals surface area contributed by atoms with Crippen molar-refractivity contribution in [3.63, 3.8) is 0 Å². The molecule has 0 saturated carbocycles. The van der Waals surface area contributed by atoms with Gasteiger partial charge >= 0.3 is 0 Å². The zero-order chi connectivity index (χ0) is 26.3. The summed E-state index contributed by atoms with van der Waals surface area (Å²) in [6.07, 6.45) is 1.68. The van der Waals surface area contributed by atoms with Crippen molar-refractivity contribution in [2.45, 2.75) is 37.1 Å². The molecule has 200 valence electrons. The van der Waals surface area contributed by atoms with E-state index in [0.717, 1.165) is 0 Å². The smallest absolute Gasteiger partial charge is 0.243 e. The van der Waals surface area contributed by atoms with Crippen LogP contribution in [0.25, 0.3) is 0 Å². The normalized spacial score (nSPS) is 21.2. The van der Waals surface area contributed by atoms with E-state index in [2.05, 4.69) is 10.2 Å². The molecule has 2 saturated heterocycles. The lowest BCUT2D eigenvalue weighted by Crippen LogP contribution is -2.50. The summed E-state index contributed by atoms with van der Waals surface area (Å²) in [5.41, 5.74) is 0.649. The highest BCUT2D eigenvalue weighted by Crippen LogP contribution is 2.21. The molecule has 2 heterocycles.